The van der Waals surface area contributed by atoms with E-state index in [1.54, 1.807) is 31.4 Å². The van der Waals surface area contributed by atoms with Crippen LogP contribution < -0.4 is 72.6 Å². The van der Waals surface area contributed by atoms with E-state index in [-0.39, 0.29) is 150 Å². The number of ether oxygens (including phenoxy) is 1. The fraction of sp³-hybridized carbons (Fsp3) is 0.557. The molecule has 10 heterocycles. The third-order valence-electron chi connectivity index (χ3n) is 28.1. The van der Waals surface area contributed by atoms with E-state index in [2.05, 4.69) is 53.9 Å². The first-order valence-electron chi connectivity index (χ1n) is 46.2. The number of phosphoric ester groups is 1. The zero-order chi connectivity index (χ0) is 104. The predicted molar refractivity (Wildman–Crippen MR) is 529 cm³/mol. The molecule has 8 bridgehead atoms. The smallest absolute Gasteiger partial charge is 1.00 e. The molecule has 12 rings (SSSR count). The molecule has 2 aromatic carbocycles. The SMILES string of the molecule is C/C1=C2/[N-][C@H]([C@H](CC(N)=O)[C@@]2(C)CCC(=O)NC[C@H](C)OP(=O)([O-])O[C@H]2[C@@H](O)[C@@H](n3cnc4cc(C)c(C)cc43)O[C@@H]2CO)[C@]2(C)N=C(/C(C)=C3N=C(/C=C4N=C1[C@@H](CCC(N)=O)C\4(C)C)[C@@H](CCC(N)=O)[C@]\3(C)CC(N)=O)[C@@H](CCC(N)=O)[C@]2(C)CC(N)=O.CCN(CC)CC(=O)Nc1c(C)cccc1C.Cc1ncc(CO)c(CO)c1O.Cc1ncc(C[n+]2csc(CCO)c2C)c(N)n1.Cl.[C-]#N.[Cl-].[Co+3]. The molecule has 6 aliphatic heterocycles. The van der Waals surface area contributed by atoms with Crippen LogP contribution in [0.15, 0.2) is 104 Å². The van der Waals surface area contributed by atoms with E-state index in [9.17, 15) is 63.1 Å². The van der Waals surface area contributed by atoms with Gasteiger partial charge in [0.2, 0.25) is 52.8 Å². The summed E-state index contributed by atoms with van der Waals surface area (Å²) in [5.41, 5.74) is 51.1. The molecule has 2 fully saturated rings. The number of nitrogen functional groups attached to an aromatic ring is 1. The number of halogens is 2. The van der Waals surface area contributed by atoms with Gasteiger partial charge < -0.3 is 134 Å². The minimum atomic E-state index is -5.32. The third-order valence-corrected chi connectivity index (χ3v) is 30.4. The van der Waals surface area contributed by atoms with Crippen LogP contribution in [0, 0.1) is 106 Å². The van der Waals surface area contributed by atoms with Gasteiger partial charge in [-0.05, 0) is 171 Å². The zero-order valence-corrected chi connectivity index (χ0v) is 88.1. The summed E-state index contributed by atoms with van der Waals surface area (Å²) in [5.74, 6) is -6.16. The molecule has 6 aromatic rings. The molecular formula is C97H139Cl2CoN21O19PS. The number of nitrogens with one attached hydrogen (secondary N) is 2. The number of anilines is 2. The Morgan fingerprint density at radius 1 is 0.754 bits per heavy atom. The van der Waals surface area contributed by atoms with Crippen molar-refractivity contribution in [3.63, 3.8) is 0 Å². The number of aliphatic hydroxyl groups is 5. The summed E-state index contributed by atoms with van der Waals surface area (Å²) < 4.78 is 34.0. The van der Waals surface area contributed by atoms with Crippen LogP contribution in [0.25, 0.3) is 16.4 Å². The summed E-state index contributed by atoms with van der Waals surface area (Å²) in [6, 6.07) is 8.69. The number of carbonyl (C=O) groups is 8. The monoisotopic (exact) mass is 2090 g/mol. The topological polar surface area (TPSA) is 671 Å². The number of aromatic hydroxyl groups is 1. The first-order valence-corrected chi connectivity index (χ1v) is 48.6. The van der Waals surface area contributed by atoms with Gasteiger partial charge in [-0.3, -0.25) is 67.8 Å². The number of benzene rings is 2. The van der Waals surface area contributed by atoms with Crippen LogP contribution in [0.4, 0.5) is 11.5 Å². The van der Waals surface area contributed by atoms with Gasteiger partial charge in [0, 0.05) is 157 Å². The number of aromatic nitrogens is 6. The van der Waals surface area contributed by atoms with Gasteiger partial charge >= 0.3 is 16.8 Å². The van der Waals surface area contributed by atoms with Crippen molar-refractivity contribution in [1.29, 1.82) is 5.26 Å². The molecule has 1 unspecified atom stereocenters. The van der Waals surface area contributed by atoms with Crippen LogP contribution in [-0.4, -0.2) is 200 Å². The van der Waals surface area contributed by atoms with Crippen LogP contribution in [0.5, 0.6) is 5.75 Å². The second-order valence-corrected chi connectivity index (χ2v) is 40.2. The van der Waals surface area contributed by atoms with Crippen molar-refractivity contribution >= 4 is 118 Å². The maximum atomic E-state index is 14.4. The molecule has 0 aliphatic carbocycles. The molecule has 40 nitrogen and oxygen atoms in total. The number of likely N-dealkylation sites (N-methyl/N-ethyl adjacent to an activating group) is 1. The van der Waals surface area contributed by atoms with Gasteiger partial charge in [0.05, 0.1) is 77.2 Å². The van der Waals surface area contributed by atoms with Crippen molar-refractivity contribution < 1.29 is 126 Å². The second-order valence-electron chi connectivity index (χ2n) is 37.9. The summed E-state index contributed by atoms with van der Waals surface area (Å²) in [4.78, 5) is 155. The Morgan fingerprint density at radius 3 is 1.90 bits per heavy atom. The van der Waals surface area contributed by atoms with Gasteiger partial charge in [-0.1, -0.05) is 84.0 Å². The van der Waals surface area contributed by atoms with E-state index in [0.29, 0.717) is 104 Å². The Bertz CT molecular complexity index is 5830. The van der Waals surface area contributed by atoms with Crippen LogP contribution in [0.3, 0.4) is 0 Å². The number of primary amides is 6. The molecular weight excluding hydrogens is 1960 g/mol. The van der Waals surface area contributed by atoms with Gasteiger partial charge in [0.25, 0.3) is 7.82 Å². The number of amides is 8. The molecule has 6 aliphatic rings. The number of imidazole rings is 1. The summed E-state index contributed by atoms with van der Waals surface area (Å²) in [6.07, 6.45) is -0.875. The molecule has 4 aromatic heterocycles. The summed E-state index contributed by atoms with van der Waals surface area (Å²) in [5, 5.41) is 75.4. The number of allylic oxidation sites excluding steroid dienone is 6. The van der Waals surface area contributed by atoms with Gasteiger partial charge in [0.1, 0.15) is 35.7 Å². The Morgan fingerprint density at radius 2 is 1.35 bits per heavy atom. The number of aliphatic hydroxyl groups excluding tert-OH is 5. The zero-order valence-electron chi connectivity index (χ0n) is 83.8. The number of phosphoric acid groups is 1. The Balaban J connectivity index is 0.000000548. The fourth-order valence-electron chi connectivity index (χ4n) is 19.9. The molecule has 0 saturated carbocycles. The normalized spacial score (nSPS) is 25.2. The summed E-state index contributed by atoms with van der Waals surface area (Å²) >= 11 is 1.65. The summed E-state index contributed by atoms with van der Waals surface area (Å²) in [6.45, 7) is 40.0. The molecule has 15 atom stereocenters. The maximum absolute atomic E-state index is 14.4. The number of aryl methyl sites for hydroxylation is 6. The van der Waals surface area contributed by atoms with Crippen LogP contribution in [0.2, 0.25) is 0 Å². The number of pyridine rings is 1. The average Bonchev–Trinajstić information content (AvgIpc) is 1.52. The number of rotatable bonds is 37. The van der Waals surface area contributed by atoms with Gasteiger partial charge in [-0.25, -0.2) is 15.0 Å². The molecule has 142 heavy (non-hydrogen) atoms. The van der Waals surface area contributed by atoms with E-state index in [0.717, 1.165) is 52.3 Å². The number of nitrogens with zero attached hydrogens (tertiary/aromatic N) is 12. The molecule has 0 spiro atoms. The molecule has 45 heteroatoms. The van der Waals surface area contributed by atoms with Crippen molar-refractivity contribution in [3.05, 3.63) is 162 Å². The van der Waals surface area contributed by atoms with Crippen LogP contribution in [-0.2, 0) is 99.7 Å². The maximum Gasteiger partial charge on any atom is 3.00 e. The number of carbonyl (C=O) groups excluding carboxylic acids is 8. The van der Waals surface area contributed by atoms with Gasteiger partial charge in [-0.2, -0.15) is 10.3 Å². The van der Waals surface area contributed by atoms with E-state index < -0.39 is 143 Å². The van der Waals surface area contributed by atoms with Crippen molar-refractivity contribution in [1.82, 2.24) is 34.7 Å². The molecule has 22 N–H and O–H groups in total. The number of nitrogens with two attached hydrogens (primary N) is 7. The number of hydrogen-bond acceptors (Lipinski definition) is 30. The van der Waals surface area contributed by atoms with E-state index >= 15 is 0 Å². The Kier molecular flexibility index (Phi) is 44.6. The quantitative estimate of drug-likeness (QED) is 0.0148. The first-order chi connectivity index (χ1) is 65.2. The number of hydrogen-bond donors (Lipinski definition) is 15. The van der Waals surface area contributed by atoms with Crippen molar-refractivity contribution in [2.45, 2.75) is 264 Å². The van der Waals surface area contributed by atoms with E-state index in [4.69, 9.17) is 101 Å². The van der Waals surface area contributed by atoms with Gasteiger partial charge in [0.15, 0.2) is 18.5 Å². The molecule has 0 radical (unpaired) electrons. The minimum Gasteiger partial charge on any atom is -1.00 e. The second kappa shape index (κ2) is 51.9. The largest absolute Gasteiger partial charge is 3.00 e. The summed E-state index contributed by atoms with van der Waals surface area (Å²) in [7, 11) is -5.32. The van der Waals surface area contributed by atoms with Crippen LogP contribution in [0.1, 0.15) is 214 Å². The third kappa shape index (κ3) is 28.0. The predicted octanol–water partition coefficient (Wildman–Crippen LogP) is 4.11. The van der Waals surface area contributed by atoms with Crippen molar-refractivity contribution in [2.75, 3.05) is 50.4 Å². The Labute approximate surface area is 855 Å². The van der Waals surface area contributed by atoms with E-state index in [1.807, 2.05) is 132 Å². The molecule has 8 amide bonds. The number of thiazole rings is 1. The van der Waals surface area contributed by atoms with E-state index in [1.165, 1.54) is 28.9 Å². The molecule has 780 valence electrons. The number of aliphatic imine (C=N–C) groups is 3. The number of para-hydroxylation sites is 1. The van der Waals surface area contributed by atoms with Gasteiger partial charge in [-0.15, -0.1) is 12.4 Å². The Hall–Kier alpha value is -10.4. The molecule has 2 saturated heterocycles. The first kappa shape index (κ1) is 122. The van der Waals surface area contributed by atoms with Crippen LogP contribution >= 0.6 is 31.6 Å². The standard InChI is InChI=1S/C62H90N13O14P.C14H22N2O.C12H17N4OS.C8H11NO3.CN.2ClH.Co/c1-29-20-39-40(21-30(29)2)75(28-70-39)57-52(84)53(41(27-76)87-57)89-90(85,86)88-31(3)26-69-49(83)18-19-59(8)37(22-46(66)80)56-62(11)61(10,25-48(68)82)36(14-17-45(65)79)51(74-62)33(5)55-60(9,24-47(67)81)34(12-15-43(63)77)38(71-55)23-42-58(6,7)35(13-16-44(64)78)50(72-42)32(4)54(59)73-56;1-5-16(6-2)10-13(17)15-14-11(3)8-7-9-12(14)4;1-8-11(3-4-17)18-7-16(8)6-10-5-14-9(2)15-12(10)13;1-5-8(12)7(4-11)6(3-10)2-9-5;1-2;;;/h20-21,23,28,31,34-37,41,52-53,56-57,76,84H,12-19,22,24-27H2,1-11H3,(H15,63,64,65,66,67,68,69,71,72,73,74,77,78,79,80,81,82,83,85,86);7-9H,5-6,10H2,1-4H3,(H,15,17);5,7,17H,3-4,6H2,1-2H3,(H2,13,14,15);2,10-12H,3-4H2,1H3;;2*1H;/q;;+1;;-1;;;+3/p-3/t31-,34+,35+,36+,37-,41+,52+,53+,56+,57-,59+,60-,61-,62-;;;;;;;/m0......./s1. The van der Waals surface area contributed by atoms with Crippen molar-refractivity contribution in [3.8, 4) is 5.75 Å². The van der Waals surface area contributed by atoms with Crippen molar-refractivity contribution in [2.24, 2.45) is 94.7 Å². The number of fused-ring (bicyclic) bond motifs is 7. The minimum absolute atomic E-state index is 0. The fourth-order valence-corrected chi connectivity index (χ4v) is 22.0. The average molecular weight is 2100 g/mol.